The lowest BCUT2D eigenvalue weighted by Gasteiger charge is -2.40. The lowest BCUT2D eigenvalue weighted by atomic mass is 9.78. The number of thiazole rings is 1. The summed E-state index contributed by atoms with van der Waals surface area (Å²) in [4.78, 5) is 31.4. The first-order valence-corrected chi connectivity index (χ1v) is 13.2. The molecule has 0 saturated carbocycles. The van der Waals surface area contributed by atoms with Crippen LogP contribution in [0.1, 0.15) is 45.8 Å². The molecule has 0 bridgehead atoms. The van der Waals surface area contributed by atoms with Gasteiger partial charge in [-0.2, -0.15) is 0 Å². The van der Waals surface area contributed by atoms with Crippen LogP contribution in [0.5, 0.6) is 0 Å². The van der Waals surface area contributed by atoms with Crippen LogP contribution >= 0.6 is 23.6 Å². The maximum atomic E-state index is 13.4. The molecule has 1 aromatic carbocycles. The minimum atomic E-state index is 0.0847. The predicted octanol–water partition coefficient (Wildman–Crippen LogP) is 4.85. The zero-order chi connectivity index (χ0) is 24.6. The van der Waals surface area contributed by atoms with Crippen LogP contribution in [0.3, 0.4) is 0 Å². The van der Waals surface area contributed by atoms with E-state index < -0.39 is 0 Å². The molecule has 5 rings (SSSR count). The highest BCUT2D eigenvalue weighted by Gasteiger charge is 2.43. The van der Waals surface area contributed by atoms with Crippen molar-refractivity contribution in [2.75, 3.05) is 31.5 Å². The molecule has 0 aliphatic carbocycles. The average molecular weight is 507 g/mol. The van der Waals surface area contributed by atoms with Crippen LogP contribution in [0.4, 0.5) is 5.69 Å². The van der Waals surface area contributed by atoms with Crippen molar-refractivity contribution in [3.8, 4) is 10.7 Å². The van der Waals surface area contributed by atoms with E-state index in [4.69, 9.17) is 12.2 Å². The minimum absolute atomic E-state index is 0.0847. The van der Waals surface area contributed by atoms with Crippen molar-refractivity contribution in [1.29, 1.82) is 0 Å². The van der Waals surface area contributed by atoms with Gasteiger partial charge in [0.25, 0.3) is 5.91 Å². The van der Waals surface area contributed by atoms with Crippen molar-refractivity contribution < 1.29 is 4.79 Å². The van der Waals surface area contributed by atoms with E-state index in [1.165, 1.54) is 22.5 Å². The van der Waals surface area contributed by atoms with E-state index in [-0.39, 0.29) is 11.3 Å². The Morgan fingerprint density at radius 2 is 1.71 bits per heavy atom. The molecule has 2 aromatic heterocycles. The van der Waals surface area contributed by atoms with E-state index >= 15 is 0 Å². The number of anilines is 1. The van der Waals surface area contributed by atoms with E-state index in [0.717, 1.165) is 66.9 Å². The molecule has 0 radical (unpaired) electrons. The molecule has 2 fully saturated rings. The van der Waals surface area contributed by atoms with Gasteiger partial charge in [0.15, 0.2) is 5.11 Å². The predicted molar refractivity (Wildman–Crippen MR) is 144 cm³/mol. The maximum Gasteiger partial charge on any atom is 0.265 e. The van der Waals surface area contributed by atoms with Crippen molar-refractivity contribution in [3.05, 3.63) is 58.5 Å². The molecule has 7 nitrogen and oxygen atoms in total. The van der Waals surface area contributed by atoms with Crippen LogP contribution in [-0.4, -0.2) is 62.0 Å². The zero-order valence-electron chi connectivity index (χ0n) is 20.4. The van der Waals surface area contributed by atoms with E-state index in [1.807, 2.05) is 11.8 Å². The number of piperidine rings is 1. The number of hydrogen-bond donors (Lipinski definition) is 1. The summed E-state index contributed by atoms with van der Waals surface area (Å²) in [6.45, 7) is 9.52. The zero-order valence-corrected chi connectivity index (χ0v) is 22.0. The highest BCUT2D eigenvalue weighted by molar-refractivity contribution is 7.80. The molecular formula is C26H30N6OS2. The molecule has 2 aliphatic rings. The summed E-state index contributed by atoms with van der Waals surface area (Å²) < 4.78 is 0. The van der Waals surface area contributed by atoms with Crippen LogP contribution < -0.4 is 5.32 Å². The number of aryl methyl sites for hydroxylation is 3. The third kappa shape index (κ3) is 5.06. The van der Waals surface area contributed by atoms with Gasteiger partial charge in [0.1, 0.15) is 15.6 Å². The van der Waals surface area contributed by atoms with Crippen molar-refractivity contribution in [3.63, 3.8) is 0 Å². The van der Waals surface area contributed by atoms with Crippen LogP contribution in [0.15, 0.2) is 36.8 Å². The summed E-state index contributed by atoms with van der Waals surface area (Å²) >= 11 is 7.14. The summed E-state index contributed by atoms with van der Waals surface area (Å²) in [5.74, 6) is 0.0847. The van der Waals surface area contributed by atoms with E-state index in [0.29, 0.717) is 10.6 Å². The summed E-state index contributed by atoms with van der Waals surface area (Å²) in [6.07, 6.45) is 8.09. The van der Waals surface area contributed by atoms with Gasteiger partial charge in [-0.25, -0.2) is 4.98 Å². The van der Waals surface area contributed by atoms with Gasteiger partial charge in [-0.05, 0) is 80.9 Å². The Kier molecular flexibility index (Phi) is 6.55. The fourth-order valence-corrected chi connectivity index (χ4v) is 6.50. The first kappa shape index (κ1) is 23.8. The number of rotatable bonds is 3. The summed E-state index contributed by atoms with van der Waals surface area (Å²) in [6, 6.07) is 6.42. The third-order valence-corrected chi connectivity index (χ3v) is 8.61. The number of amides is 1. The van der Waals surface area contributed by atoms with Crippen molar-refractivity contribution in [2.45, 2.75) is 40.0 Å². The molecule has 0 atom stereocenters. The number of nitrogens with zero attached hydrogens (tertiary/aromatic N) is 5. The smallest absolute Gasteiger partial charge is 0.265 e. The SMILES string of the molecule is Cc1cc(C)cc(NC(=S)N2CCC3(CCN(C(=O)c4sc(-c5cnccn5)nc4C)C3)CC2)c1. The number of carbonyl (C=O) groups is 1. The van der Waals surface area contributed by atoms with E-state index in [1.54, 1.807) is 18.6 Å². The van der Waals surface area contributed by atoms with Gasteiger partial charge in [0.2, 0.25) is 0 Å². The highest BCUT2D eigenvalue weighted by Crippen LogP contribution is 2.41. The second kappa shape index (κ2) is 9.62. The van der Waals surface area contributed by atoms with E-state index in [9.17, 15) is 4.79 Å². The topological polar surface area (TPSA) is 74.2 Å². The lowest BCUT2D eigenvalue weighted by Crippen LogP contribution is -2.46. The second-order valence-electron chi connectivity index (χ2n) is 9.79. The third-order valence-electron chi connectivity index (χ3n) is 7.08. The Morgan fingerprint density at radius 1 is 1.03 bits per heavy atom. The number of aromatic nitrogens is 3. The summed E-state index contributed by atoms with van der Waals surface area (Å²) in [5, 5.41) is 4.95. The van der Waals surface area contributed by atoms with Gasteiger partial charge in [-0.15, -0.1) is 11.3 Å². The largest absolute Gasteiger partial charge is 0.349 e. The number of hydrogen-bond acceptors (Lipinski definition) is 6. The maximum absolute atomic E-state index is 13.4. The van der Waals surface area contributed by atoms with Gasteiger partial charge < -0.3 is 15.1 Å². The quantitative estimate of drug-likeness (QED) is 0.509. The van der Waals surface area contributed by atoms with Gasteiger partial charge in [0.05, 0.1) is 11.9 Å². The first-order chi connectivity index (χ1) is 16.8. The number of carbonyl (C=O) groups excluding carboxylic acids is 1. The Balaban J connectivity index is 1.20. The Bertz CT molecular complexity index is 1230. The Morgan fingerprint density at radius 3 is 2.37 bits per heavy atom. The van der Waals surface area contributed by atoms with Crippen LogP contribution in [0.25, 0.3) is 10.7 Å². The number of nitrogens with one attached hydrogen (secondary N) is 1. The van der Waals surface area contributed by atoms with Crippen molar-refractivity contribution in [2.24, 2.45) is 5.41 Å². The molecule has 182 valence electrons. The van der Waals surface area contributed by atoms with Gasteiger partial charge in [-0.1, -0.05) is 6.07 Å². The molecule has 0 unspecified atom stereocenters. The Hall–Kier alpha value is -2.91. The number of benzene rings is 1. The standard InChI is InChI=1S/C26H30N6OS2/c1-17-12-18(2)14-20(13-17)30-25(34)31-9-4-26(5-10-31)6-11-32(16-26)24(33)22-19(3)29-23(35-22)21-15-27-7-8-28-21/h7-8,12-15H,4-6,9-11,16H2,1-3H3,(H,30,34). The van der Waals surface area contributed by atoms with Crippen LogP contribution in [0, 0.1) is 26.2 Å². The lowest BCUT2D eigenvalue weighted by molar-refractivity contribution is 0.0753. The minimum Gasteiger partial charge on any atom is -0.349 e. The van der Waals surface area contributed by atoms with Gasteiger partial charge in [0, 0.05) is 44.3 Å². The average Bonchev–Trinajstić information content (AvgIpc) is 3.43. The molecule has 35 heavy (non-hydrogen) atoms. The van der Waals surface area contributed by atoms with Crippen molar-refractivity contribution >= 4 is 40.3 Å². The van der Waals surface area contributed by atoms with Crippen LogP contribution in [0.2, 0.25) is 0 Å². The highest BCUT2D eigenvalue weighted by atomic mass is 32.1. The monoisotopic (exact) mass is 506 g/mol. The fraction of sp³-hybridized carbons (Fsp3) is 0.423. The number of thiocarbonyl (C=S) groups is 1. The Labute approximate surface area is 215 Å². The van der Waals surface area contributed by atoms with Gasteiger partial charge in [-0.3, -0.25) is 14.8 Å². The molecule has 1 N–H and O–H groups in total. The molecule has 2 saturated heterocycles. The van der Waals surface area contributed by atoms with Gasteiger partial charge >= 0.3 is 0 Å². The second-order valence-corrected chi connectivity index (χ2v) is 11.2. The number of likely N-dealkylation sites (tertiary alicyclic amines) is 2. The molecule has 3 aromatic rings. The molecule has 4 heterocycles. The fourth-order valence-electron chi connectivity index (χ4n) is 5.21. The molecule has 9 heteroatoms. The molecule has 2 aliphatic heterocycles. The molecule has 1 spiro atoms. The van der Waals surface area contributed by atoms with E-state index in [2.05, 4.69) is 57.2 Å². The summed E-state index contributed by atoms with van der Waals surface area (Å²) in [5.41, 5.74) is 5.14. The molecular weight excluding hydrogens is 476 g/mol. The summed E-state index contributed by atoms with van der Waals surface area (Å²) in [7, 11) is 0. The van der Waals surface area contributed by atoms with Crippen LogP contribution in [-0.2, 0) is 0 Å². The normalized spacial score (nSPS) is 17.1. The molecule has 1 amide bonds. The first-order valence-electron chi connectivity index (χ1n) is 12.0. The van der Waals surface area contributed by atoms with Crippen molar-refractivity contribution in [1.82, 2.24) is 24.8 Å².